The van der Waals surface area contributed by atoms with E-state index in [1.165, 1.54) is 18.2 Å². The van der Waals surface area contributed by atoms with Crippen molar-refractivity contribution in [3.05, 3.63) is 87.7 Å². The molecule has 1 aliphatic rings. The molecule has 0 aliphatic carbocycles. The van der Waals surface area contributed by atoms with E-state index in [2.05, 4.69) is 9.97 Å². The Bertz CT molecular complexity index is 1040. The fourth-order valence-corrected chi connectivity index (χ4v) is 3.55. The van der Waals surface area contributed by atoms with E-state index in [4.69, 9.17) is 4.42 Å². The van der Waals surface area contributed by atoms with Crippen LogP contribution < -0.4 is 5.56 Å². The molecule has 6 nitrogen and oxygen atoms in total. The largest absolute Gasteiger partial charge is 0.445 e. The van der Waals surface area contributed by atoms with Gasteiger partial charge in [-0.25, -0.2) is 9.37 Å². The first-order valence-electron chi connectivity index (χ1n) is 9.26. The fourth-order valence-electron chi connectivity index (χ4n) is 3.55. The van der Waals surface area contributed by atoms with Crippen LogP contribution in [0.5, 0.6) is 0 Å². The van der Waals surface area contributed by atoms with Crippen LogP contribution in [0.3, 0.4) is 0 Å². The standard InChI is InChI=1S/C21H20FN3O3/c22-16-6-1-4-14(10-16)11-17-12-23-20(28-17)15-5-3-9-25(13-15)21(27)18-7-2-8-19(26)24-18/h1-2,4,6-8,10,12,15H,3,5,9,11,13H2,(H,24,26). The third-order valence-electron chi connectivity index (χ3n) is 4.90. The van der Waals surface area contributed by atoms with Gasteiger partial charge in [-0.2, -0.15) is 0 Å². The lowest BCUT2D eigenvalue weighted by Crippen LogP contribution is -2.40. The number of oxazole rings is 1. The van der Waals surface area contributed by atoms with Crippen LogP contribution in [-0.4, -0.2) is 33.9 Å². The van der Waals surface area contributed by atoms with Gasteiger partial charge in [0.25, 0.3) is 5.91 Å². The van der Waals surface area contributed by atoms with E-state index in [1.54, 1.807) is 29.3 Å². The maximum absolute atomic E-state index is 13.3. The average molecular weight is 381 g/mol. The third-order valence-corrected chi connectivity index (χ3v) is 4.90. The molecule has 3 heterocycles. The van der Waals surface area contributed by atoms with Gasteiger partial charge in [-0.3, -0.25) is 9.59 Å². The summed E-state index contributed by atoms with van der Waals surface area (Å²) in [5.74, 6) is 0.767. The van der Waals surface area contributed by atoms with Crippen LogP contribution in [0.4, 0.5) is 4.39 Å². The summed E-state index contributed by atoms with van der Waals surface area (Å²) in [7, 11) is 0. The van der Waals surface area contributed by atoms with Gasteiger partial charge in [0.05, 0.1) is 12.1 Å². The van der Waals surface area contributed by atoms with Crippen molar-refractivity contribution in [2.75, 3.05) is 13.1 Å². The highest BCUT2D eigenvalue weighted by Gasteiger charge is 2.28. The van der Waals surface area contributed by atoms with Gasteiger partial charge in [-0.15, -0.1) is 0 Å². The van der Waals surface area contributed by atoms with Gasteiger partial charge < -0.3 is 14.3 Å². The van der Waals surface area contributed by atoms with Crippen LogP contribution in [0.1, 0.15) is 46.5 Å². The zero-order valence-electron chi connectivity index (χ0n) is 15.2. The van der Waals surface area contributed by atoms with E-state index in [-0.39, 0.29) is 28.9 Å². The molecule has 0 radical (unpaired) electrons. The minimum atomic E-state index is -0.297. The first-order valence-corrected chi connectivity index (χ1v) is 9.26. The highest BCUT2D eigenvalue weighted by Crippen LogP contribution is 2.28. The molecule has 1 N–H and O–H groups in total. The quantitative estimate of drug-likeness (QED) is 0.753. The number of hydrogen-bond acceptors (Lipinski definition) is 4. The monoisotopic (exact) mass is 381 g/mol. The number of nitrogens with one attached hydrogen (secondary N) is 1. The number of likely N-dealkylation sites (tertiary alicyclic amines) is 1. The minimum absolute atomic E-state index is 0.00519. The van der Waals surface area contributed by atoms with Gasteiger partial charge in [0.1, 0.15) is 17.3 Å². The predicted molar refractivity (Wildman–Crippen MR) is 101 cm³/mol. The molecular weight excluding hydrogens is 361 g/mol. The van der Waals surface area contributed by atoms with E-state index in [0.29, 0.717) is 31.2 Å². The molecule has 1 unspecified atom stereocenters. The minimum Gasteiger partial charge on any atom is -0.445 e. The molecule has 2 aromatic heterocycles. The average Bonchev–Trinajstić information content (AvgIpc) is 3.16. The Morgan fingerprint density at radius 3 is 2.96 bits per heavy atom. The third kappa shape index (κ3) is 4.03. The van der Waals surface area contributed by atoms with E-state index in [1.807, 2.05) is 6.07 Å². The molecule has 28 heavy (non-hydrogen) atoms. The van der Waals surface area contributed by atoms with Crippen LogP contribution in [0.15, 0.2) is 57.9 Å². The number of carbonyl (C=O) groups excluding carboxylic acids is 1. The molecule has 1 atom stereocenters. The molecule has 0 bridgehead atoms. The molecule has 4 rings (SSSR count). The second-order valence-electron chi connectivity index (χ2n) is 6.99. The Morgan fingerprint density at radius 1 is 1.29 bits per heavy atom. The molecule has 7 heteroatoms. The maximum Gasteiger partial charge on any atom is 0.270 e. The van der Waals surface area contributed by atoms with E-state index >= 15 is 0 Å². The van der Waals surface area contributed by atoms with Crippen molar-refractivity contribution in [3.8, 4) is 0 Å². The lowest BCUT2D eigenvalue weighted by Gasteiger charge is -2.31. The second-order valence-corrected chi connectivity index (χ2v) is 6.99. The van der Waals surface area contributed by atoms with Crippen molar-refractivity contribution >= 4 is 5.91 Å². The fraction of sp³-hybridized carbons (Fsp3) is 0.286. The number of pyridine rings is 1. The summed E-state index contributed by atoms with van der Waals surface area (Å²) in [6.07, 6.45) is 3.82. The number of amides is 1. The summed E-state index contributed by atoms with van der Waals surface area (Å²) in [6.45, 7) is 1.11. The van der Waals surface area contributed by atoms with Crippen LogP contribution in [0.2, 0.25) is 0 Å². The van der Waals surface area contributed by atoms with Crippen LogP contribution in [0, 0.1) is 5.82 Å². The summed E-state index contributed by atoms with van der Waals surface area (Å²) < 4.78 is 19.2. The number of benzene rings is 1. The first-order chi connectivity index (χ1) is 13.6. The lowest BCUT2D eigenvalue weighted by atomic mass is 9.97. The lowest BCUT2D eigenvalue weighted by molar-refractivity contribution is 0.0691. The summed E-state index contributed by atoms with van der Waals surface area (Å²) in [5.41, 5.74) is 0.803. The highest BCUT2D eigenvalue weighted by atomic mass is 19.1. The van der Waals surface area contributed by atoms with Gasteiger partial charge >= 0.3 is 0 Å². The van der Waals surface area contributed by atoms with Gasteiger partial charge in [0.15, 0.2) is 5.89 Å². The van der Waals surface area contributed by atoms with Crippen molar-refractivity contribution in [3.63, 3.8) is 0 Å². The second kappa shape index (κ2) is 7.80. The molecular formula is C21H20FN3O3. The molecule has 1 saturated heterocycles. The predicted octanol–water partition coefficient (Wildman–Crippen LogP) is 3.11. The first kappa shape index (κ1) is 18.2. The topological polar surface area (TPSA) is 79.2 Å². The van der Waals surface area contributed by atoms with Crippen molar-refractivity contribution in [2.24, 2.45) is 0 Å². The SMILES string of the molecule is O=C(c1cccc(=O)[nH]1)N1CCCC(c2ncc(Cc3cccc(F)c3)o2)C1. The number of carbonyl (C=O) groups is 1. The van der Waals surface area contributed by atoms with Crippen LogP contribution >= 0.6 is 0 Å². The molecule has 1 aliphatic heterocycles. The number of halogens is 1. The molecule has 1 amide bonds. The Balaban J connectivity index is 1.45. The zero-order valence-corrected chi connectivity index (χ0v) is 15.2. The number of rotatable bonds is 4. The van der Waals surface area contributed by atoms with Crippen molar-refractivity contribution in [1.29, 1.82) is 0 Å². The number of H-pyrrole nitrogens is 1. The molecule has 3 aromatic rings. The Morgan fingerprint density at radius 2 is 2.14 bits per heavy atom. The van der Waals surface area contributed by atoms with E-state index in [0.717, 1.165) is 18.4 Å². The Kier molecular flexibility index (Phi) is 5.06. The Hall–Kier alpha value is -3.22. The number of aromatic nitrogens is 2. The molecule has 0 saturated carbocycles. The van der Waals surface area contributed by atoms with Gasteiger partial charge in [0.2, 0.25) is 5.56 Å². The van der Waals surface area contributed by atoms with Crippen molar-refractivity contribution < 1.29 is 13.6 Å². The summed E-state index contributed by atoms with van der Waals surface area (Å²) >= 11 is 0. The normalized spacial score (nSPS) is 16.9. The molecule has 1 aromatic carbocycles. The summed E-state index contributed by atoms with van der Waals surface area (Å²) in [4.78, 5) is 32.8. The molecule has 144 valence electrons. The number of hydrogen-bond donors (Lipinski definition) is 1. The van der Waals surface area contributed by atoms with Crippen molar-refractivity contribution in [1.82, 2.24) is 14.9 Å². The van der Waals surface area contributed by atoms with Gasteiger partial charge in [-0.05, 0) is 36.6 Å². The zero-order chi connectivity index (χ0) is 19.5. The number of piperidine rings is 1. The highest BCUT2D eigenvalue weighted by molar-refractivity contribution is 5.92. The molecule has 0 spiro atoms. The number of aromatic amines is 1. The van der Waals surface area contributed by atoms with Gasteiger partial charge in [0, 0.05) is 25.6 Å². The maximum atomic E-state index is 13.3. The summed E-state index contributed by atoms with van der Waals surface area (Å²) in [6, 6.07) is 10.9. The molecule has 1 fully saturated rings. The van der Waals surface area contributed by atoms with Gasteiger partial charge in [-0.1, -0.05) is 18.2 Å². The summed E-state index contributed by atoms with van der Waals surface area (Å²) in [5, 5.41) is 0. The van der Waals surface area contributed by atoms with Crippen molar-refractivity contribution in [2.45, 2.75) is 25.2 Å². The number of nitrogens with zero attached hydrogens (tertiary/aromatic N) is 2. The van der Waals surface area contributed by atoms with E-state index in [9.17, 15) is 14.0 Å². The van der Waals surface area contributed by atoms with E-state index < -0.39 is 0 Å². The van der Waals surface area contributed by atoms with Crippen LogP contribution in [0.25, 0.3) is 0 Å². The van der Waals surface area contributed by atoms with Crippen LogP contribution in [-0.2, 0) is 6.42 Å². The smallest absolute Gasteiger partial charge is 0.270 e. The Labute approximate surface area is 161 Å².